The molecular formula is C13H19N5O3. The van der Waals surface area contributed by atoms with E-state index in [-0.39, 0.29) is 17.5 Å². The van der Waals surface area contributed by atoms with Crippen molar-refractivity contribution in [2.45, 2.75) is 19.8 Å². The fourth-order valence-electron chi connectivity index (χ4n) is 2.35. The largest absolute Gasteiger partial charge is 0.370 e. The molecule has 0 aromatic carbocycles. The van der Waals surface area contributed by atoms with Crippen molar-refractivity contribution in [2.24, 2.45) is 11.7 Å². The molecule has 1 fully saturated rings. The molecule has 0 aliphatic carbocycles. The Morgan fingerprint density at radius 2 is 2.38 bits per heavy atom. The van der Waals surface area contributed by atoms with Crippen molar-refractivity contribution in [3.63, 3.8) is 0 Å². The number of carbonyl (C=O) groups excluding carboxylic acids is 1. The predicted molar refractivity (Wildman–Crippen MR) is 79.2 cm³/mol. The highest BCUT2D eigenvalue weighted by atomic mass is 16.6. The zero-order valence-corrected chi connectivity index (χ0v) is 11.9. The van der Waals surface area contributed by atoms with Crippen molar-refractivity contribution in [1.82, 2.24) is 4.98 Å². The van der Waals surface area contributed by atoms with Gasteiger partial charge in [-0.2, -0.15) is 0 Å². The number of nitrogens with zero attached hydrogens (tertiary/aromatic N) is 3. The average Bonchev–Trinajstić information content (AvgIpc) is 2.94. The van der Waals surface area contributed by atoms with Gasteiger partial charge in [-0.1, -0.05) is 6.92 Å². The van der Waals surface area contributed by atoms with Crippen LogP contribution in [0.4, 0.5) is 17.3 Å². The number of rotatable bonds is 6. The van der Waals surface area contributed by atoms with Crippen molar-refractivity contribution in [3.05, 3.63) is 22.2 Å². The summed E-state index contributed by atoms with van der Waals surface area (Å²) in [4.78, 5) is 28.0. The minimum Gasteiger partial charge on any atom is -0.370 e. The van der Waals surface area contributed by atoms with E-state index >= 15 is 0 Å². The first kappa shape index (κ1) is 15.0. The number of nitrogens with two attached hydrogens (primary N) is 1. The number of pyridine rings is 1. The number of hydrogen-bond donors (Lipinski definition) is 2. The molecule has 114 valence electrons. The maximum atomic E-state index is 11.2. The van der Waals surface area contributed by atoms with Gasteiger partial charge in [0.2, 0.25) is 11.7 Å². The first-order valence-corrected chi connectivity index (χ1v) is 6.96. The van der Waals surface area contributed by atoms with Crippen LogP contribution in [0.25, 0.3) is 0 Å². The molecule has 1 unspecified atom stereocenters. The Kier molecular flexibility index (Phi) is 4.56. The molecule has 2 heterocycles. The smallest absolute Gasteiger partial charge is 0.311 e. The third-order valence-electron chi connectivity index (χ3n) is 3.50. The zero-order valence-electron chi connectivity index (χ0n) is 11.9. The van der Waals surface area contributed by atoms with Gasteiger partial charge in [0.05, 0.1) is 10.8 Å². The number of nitro groups is 1. The van der Waals surface area contributed by atoms with E-state index in [0.29, 0.717) is 31.1 Å². The van der Waals surface area contributed by atoms with E-state index in [1.165, 1.54) is 6.07 Å². The van der Waals surface area contributed by atoms with E-state index in [1.807, 2.05) is 6.92 Å². The van der Waals surface area contributed by atoms with Crippen molar-refractivity contribution >= 4 is 23.2 Å². The topological polar surface area (TPSA) is 114 Å². The van der Waals surface area contributed by atoms with E-state index in [1.54, 1.807) is 11.0 Å². The lowest BCUT2D eigenvalue weighted by Gasteiger charge is -2.18. The van der Waals surface area contributed by atoms with Gasteiger partial charge in [0.1, 0.15) is 5.82 Å². The third kappa shape index (κ3) is 3.39. The van der Waals surface area contributed by atoms with E-state index in [0.717, 1.165) is 13.0 Å². The van der Waals surface area contributed by atoms with Gasteiger partial charge in [-0.05, 0) is 18.9 Å². The van der Waals surface area contributed by atoms with Gasteiger partial charge in [0, 0.05) is 25.7 Å². The summed E-state index contributed by atoms with van der Waals surface area (Å²) < 4.78 is 0. The van der Waals surface area contributed by atoms with Crippen LogP contribution >= 0.6 is 0 Å². The Morgan fingerprint density at radius 3 is 2.95 bits per heavy atom. The van der Waals surface area contributed by atoms with Crippen LogP contribution in [0.3, 0.4) is 0 Å². The van der Waals surface area contributed by atoms with Crippen LogP contribution in [0, 0.1) is 16.0 Å². The van der Waals surface area contributed by atoms with Gasteiger partial charge in [-0.3, -0.25) is 14.9 Å². The summed E-state index contributed by atoms with van der Waals surface area (Å²) in [7, 11) is 0. The Balaban J connectivity index is 2.26. The number of amides is 1. The molecule has 8 nitrogen and oxygen atoms in total. The Labute approximate surface area is 122 Å². The van der Waals surface area contributed by atoms with Gasteiger partial charge in [0.15, 0.2) is 0 Å². The Bertz CT molecular complexity index is 549. The minimum atomic E-state index is -0.455. The van der Waals surface area contributed by atoms with E-state index < -0.39 is 4.92 Å². The second-order valence-corrected chi connectivity index (χ2v) is 5.06. The molecule has 1 saturated heterocycles. The summed E-state index contributed by atoms with van der Waals surface area (Å²) in [6.45, 7) is 3.68. The van der Waals surface area contributed by atoms with Crippen LogP contribution < -0.4 is 16.0 Å². The Hall–Kier alpha value is -2.38. The standard InChI is InChI=1S/C13H19N5O3/c1-2-6-15-11-4-3-10(18(20)21)13(16-11)17-7-5-9(8-17)12(14)19/h3-4,9H,2,5-8H2,1H3,(H2,14,19)(H,15,16). The van der Waals surface area contributed by atoms with Crippen molar-refractivity contribution in [1.29, 1.82) is 0 Å². The monoisotopic (exact) mass is 293 g/mol. The predicted octanol–water partition coefficient (Wildman–Crippen LogP) is 1.12. The molecule has 1 aliphatic heterocycles. The fraction of sp³-hybridized carbons (Fsp3) is 0.538. The first-order valence-electron chi connectivity index (χ1n) is 6.96. The van der Waals surface area contributed by atoms with Crippen LogP contribution in [-0.4, -0.2) is 35.4 Å². The molecule has 3 N–H and O–H groups in total. The first-order chi connectivity index (χ1) is 10.0. The van der Waals surface area contributed by atoms with E-state index in [4.69, 9.17) is 5.73 Å². The second-order valence-electron chi connectivity index (χ2n) is 5.06. The van der Waals surface area contributed by atoms with Crippen molar-refractivity contribution < 1.29 is 9.72 Å². The molecule has 0 spiro atoms. The number of primary amides is 1. The molecule has 0 bridgehead atoms. The van der Waals surface area contributed by atoms with Crippen molar-refractivity contribution in [3.8, 4) is 0 Å². The lowest BCUT2D eigenvalue weighted by molar-refractivity contribution is -0.384. The molecule has 1 aromatic heterocycles. The molecule has 8 heteroatoms. The van der Waals surface area contributed by atoms with Crippen LogP contribution in [-0.2, 0) is 4.79 Å². The van der Waals surface area contributed by atoms with Crippen molar-refractivity contribution in [2.75, 3.05) is 29.9 Å². The molecule has 0 saturated carbocycles. The summed E-state index contributed by atoms with van der Waals surface area (Å²) in [5.74, 6) is 0.240. The maximum absolute atomic E-state index is 11.2. The van der Waals surface area contributed by atoms with Crippen LogP contribution in [0.1, 0.15) is 19.8 Å². The number of aromatic nitrogens is 1. The zero-order chi connectivity index (χ0) is 15.4. The fourth-order valence-corrected chi connectivity index (χ4v) is 2.35. The summed E-state index contributed by atoms with van der Waals surface area (Å²) in [6, 6.07) is 3.04. The highest BCUT2D eigenvalue weighted by Gasteiger charge is 2.31. The summed E-state index contributed by atoms with van der Waals surface area (Å²) in [6.07, 6.45) is 1.53. The van der Waals surface area contributed by atoms with E-state index in [2.05, 4.69) is 10.3 Å². The lowest BCUT2D eigenvalue weighted by Crippen LogP contribution is -2.28. The van der Waals surface area contributed by atoms with Gasteiger partial charge in [0.25, 0.3) is 0 Å². The lowest BCUT2D eigenvalue weighted by atomic mass is 10.1. The molecule has 1 aliphatic rings. The summed E-state index contributed by atoms with van der Waals surface area (Å²) >= 11 is 0. The Morgan fingerprint density at radius 1 is 1.62 bits per heavy atom. The van der Waals surface area contributed by atoms with Crippen LogP contribution in [0.15, 0.2) is 12.1 Å². The van der Waals surface area contributed by atoms with Gasteiger partial charge < -0.3 is 16.0 Å². The molecular weight excluding hydrogens is 274 g/mol. The average molecular weight is 293 g/mol. The van der Waals surface area contributed by atoms with Crippen LogP contribution in [0.2, 0.25) is 0 Å². The molecule has 1 aromatic rings. The third-order valence-corrected chi connectivity index (χ3v) is 3.50. The normalized spacial score (nSPS) is 17.8. The van der Waals surface area contributed by atoms with Crippen LogP contribution in [0.5, 0.6) is 0 Å². The molecule has 21 heavy (non-hydrogen) atoms. The minimum absolute atomic E-state index is 0.0535. The van der Waals surface area contributed by atoms with Gasteiger partial charge >= 0.3 is 5.69 Å². The number of hydrogen-bond acceptors (Lipinski definition) is 6. The van der Waals surface area contributed by atoms with Gasteiger partial charge in [-0.25, -0.2) is 4.98 Å². The van der Waals surface area contributed by atoms with E-state index in [9.17, 15) is 14.9 Å². The number of carbonyl (C=O) groups is 1. The molecule has 2 rings (SSSR count). The highest BCUT2D eigenvalue weighted by Crippen LogP contribution is 2.31. The molecule has 1 amide bonds. The molecule has 1 atom stereocenters. The molecule has 0 radical (unpaired) electrons. The quantitative estimate of drug-likeness (QED) is 0.600. The SMILES string of the molecule is CCCNc1ccc([N+](=O)[O-])c(N2CCC(C(N)=O)C2)n1. The summed E-state index contributed by atoms with van der Waals surface area (Å²) in [5, 5.41) is 14.3. The summed E-state index contributed by atoms with van der Waals surface area (Å²) in [5.41, 5.74) is 5.25. The maximum Gasteiger partial charge on any atom is 0.311 e. The number of anilines is 2. The van der Waals surface area contributed by atoms with Gasteiger partial charge in [-0.15, -0.1) is 0 Å². The number of nitrogens with one attached hydrogen (secondary N) is 1. The second kappa shape index (κ2) is 6.38. The highest BCUT2D eigenvalue weighted by molar-refractivity contribution is 5.78.